The molecule has 0 bridgehead atoms. The lowest BCUT2D eigenvalue weighted by molar-refractivity contribution is 0.0951. The van der Waals surface area contributed by atoms with Gasteiger partial charge in [-0.25, -0.2) is 4.98 Å². The van der Waals surface area contributed by atoms with Crippen molar-refractivity contribution in [3.63, 3.8) is 0 Å². The summed E-state index contributed by atoms with van der Waals surface area (Å²) in [7, 11) is 0. The molecule has 4 nitrogen and oxygen atoms in total. The standard InChI is InChI=1S/C19H22N2O2S/c1-24-17-9-7-15(8-10-17)19(22)21-13-14-6-11-18(20-12-14)23-16-4-2-3-5-16/h6-12,16H,2-5,13H2,1H3,(H,21,22). The predicted octanol–water partition coefficient (Wildman–Crippen LogP) is 4.05. The van der Waals surface area contributed by atoms with E-state index in [1.165, 1.54) is 12.8 Å². The Balaban J connectivity index is 1.50. The number of carbonyl (C=O) groups excluding carboxylic acids is 1. The number of nitrogens with one attached hydrogen (secondary N) is 1. The Morgan fingerprint density at radius 1 is 1.21 bits per heavy atom. The van der Waals surface area contributed by atoms with Gasteiger partial charge in [-0.05, 0) is 61.8 Å². The summed E-state index contributed by atoms with van der Waals surface area (Å²) in [6.45, 7) is 0.458. The number of amides is 1. The third-order valence-corrected chi connectivity index (χ3v) is 4.94. The van der Waals surface area contributed by atoms with Crippen LogP contribution >= 0.6 is 11.8 Å². The molecule has 0 unspecified atom stereocenters. The molecule has 0 spiro atoms. The van der Waals surface area contributed by atoms with E-state index in [2.05, 4.69) is 10.3 Å². The Kier molecular flexibility index (Phi) is 5.75. The van der Waals surface area contributed by atoms with Crippen molar-refractivity contribution in [1.82, 2.24) is 10.3 Å². The fraction of sp³-hybridized carbons (Fsp3) is 0.368. The Labute approximate surface area is 147 Å². The van der Waals surface area contributed by atoms with E-state index in [1.807, 2.05) is 42.7 Å². The highest BCUT2D eigenvalue weighted by Crippen LogP contribution is 2.22. The molecule has 24 heavy (non-hydrogen) atoms. The lowest BCUT2D eigenvalue weighted by Crippen LogP contribution is -2.22. The van der Waals surface area contributed by atoms with Gasteiger partial charge in [-0.3, -0.25) is 4.79 Å². The first-order chi connectivity index (χ1) is 11.7. The Morgan fingerprint density at radius 3 is 2.58 bits per heavy atom. The normalized spacial score (nSPS) is 14.5. The third kappa shape index (κ3) is 4.51. The number of thioether (sulfide) groups is 1. The van der Waals surface area contributed by atoms with E-state index in [9.17, 15) is 4.79 Å². The topological polar surface area (TPSA) is 51.2 Å². The maximum Gasteiger partial charge on any atom is 0.251 e. The fourth-order valence-electron chi connectivity index (χ4n) is 2.79. The molecule has 1 saturated carbocycles. The van der Waals surface area contributed by atoms with E-state index in [0.717, 1.165) is 23.3 Å². The largest absolute Gasteiger partial charge is 0.474 e. The lowest BCUT2D eigenvalue weighted by Gasteiger charge is -2.12. The van der Waals surface area contributed by atoms with E-state index in [4.69, 9.17) is 4.74 Å². The molecule has 1 heterocycles. The first-order valence-corrected chi connectivity index (χ1v) is 9.51. The van der Waals surface area contributed by atoms with Crippen LogP contribution in [0.4, 0.5) is 0 Å². The van der Waals surface area contributed by atoms with Gasteiger partial charge in [-0.2, -0.15) is 0 Å². The first kappa shape index (κ1) is 16.8. The van der Waals surface area contributed by atoms with Gasteiger partial charge in [0.1, 0.15) is 6.10 Å². The van der Waals surface area contributed by atoms with E-state index in [-0.39, 0.29) is 5.91 Å². The summed E-state index contributed by atoms with van der Waals surface area (Å²) in [6.07, 6.45) is 8.82. The smallest absolute Gasteiger partial charge is 0.251 e. The summed E-state index contributed by atoms with van der Waals surface area (Å²) in [5.74, 6) is 0.596. The van der Waals surface area contributed by atoms with Gasteiger partial charge >= 0.3 is 0 Å². The monoisotopic (exact) mass is 342 g/mol. The quantitative estimate of drug-likeness (QED) is 0.805. The van der Waals surface area contributed by atoms with Gasteiger partial charge in [0.05, 0.1) is 0 Å². The second-order valence-electron chi connectivity index (χ2n) is 5.94. The molecule has 1 aliphatic rings. The highest BCUT2D eigenvalue weighted by atomic mass is 32.2. The molecule has 0 saturated heterocycles. The molecular formula is C19H22N2O2S. The second-order valence-corrected chi connectivity index (χ2v) is 6.82. The van der Waals surface area contributed by atoms with E-state index in [1.54, 1.807) is 18.0 Å². The van der Waals surface area contributed by atoms with Gasteiger partial charge in [0.25, 0.3) is 5.91 Å². The molecule has 1 amide bonds. The van der Waals surface area contributed by atoms with Crippen LogP contribution in [0, 0.1) is 0 Å². The van der Waals surface area contributed by atoms with Crippen molar-refractivity contribution >= 4 is 17.7 Å². The number of hydrogen-bond acceptors (Lipinski definition) is 4. The van der Waals surface area contributed by atoms with Crippen LogP contribution in [0.5, 0.6) is 5.88 Å². The molecule has 0 atom stereocenters. The number of nitrogens with zero attached hydrogens (tertiary/aromatic N) is 1. The highest BCUT2D eigenvalue weighted by Gasteiger charge is 2.16. The average Bonchev–Trinajstić information content (AvgIpc) is 3.14. The summed E-state index contributed by atoms with van der Waals surface area (Å²) < 4.78 is 5.85. The van der Waals surface area contributed by atoms with Crippen molar-refractivity contribution in [2.24, 2.45) is 0 Å². The third-order valence-electron chi connectivity index (χ3n) is 4.19. The molecule has 0 radical (unpaired) electrons. The van der Waals surface area contributed by atoms with Gasteiger partial charge < -0.3 is 10.1 Å². The van der Waals surface area contributed by atoms with Crippen LogP contribution in [-0.4, -0.2) is 23.3 Å². The second kappa shape index (κ2) is 8.20. The van der Waals surface area contributed by atoms with Crippen LogP contribution in [0.1, 0.15) is 41.6 Å². The van der Waals surface area contributed by atoms with Crippen molar-refractivity contribution in [3.05, 3.63) is 53.7 Å². The highest BCUT2D eigenvalue weighted by molar-refractivity contribution is 7.98. The number of ether oxygens (including phenoxy) is 1. The van der Waals surface area contributed by atoms with Crippen LogP contribution in [0.15, 0.2) is 47.5 Å². The van der Waals surface area contributed by atoms with Crippen LogP contribution in [0.25, 0.3) is 0 Å². The Morgan fingerprint density at radius 2 is 1.96 bits per heavy atom. The summed E-state index contributed by atoms with van der Waals surface area (Å²) >= 11 is 1.66. The van der Waals surface area contributed by atoms with Crippen molar-refractivity contribution < 1.29 is 9.53 Å². The maximum atomic E-state index is 12.2. The van der Waals surface area contributed by atoms with Gasteiger partial charge in [-0.15, -0.1) is 11.8 Å². The molecule has 1 aliphatic carbocycles. The predicted molar refractivity (Wildman–Crippen MR) is 96.5 cm³/mol. The van der Waals surface area contributed by atoms with Gasteiger partial charge in [0.15, 0.2) is 0 Å². The molecule has 126 valence electrons. The van der Waals surface area contributed by atoms with Crippen LogP contribution in [0.3, 0.4) is 0 Å². The molecule has 2 aromatic rings. The molecule has 1 N–H and O–H groups in total. The molecule has 0 aliphatic heterocycles. The zero-order valence-corrected chi connectivity index (χ0v) is 14.6. The van der Waals surface area contributed by atoms with E-state index in [0.29, 0.717) is 24.1 Å². The number of benzene rings is 1. The van der Waals surface area contributed by atoms with Gasteiger partial charge in [0, 0.05) is 29.3 Å². The number of aromatic nitrogens is 1. The number of hydrogen-bond donors (Lipinski definition) is 1. The molecule has 1 fully saturated rings. The zero-order chi connectivity index (χ0) is 16.8. The summed E-state index contributed by atoms with van der Waals surface area (Å²) in [4.78, 5) is 17.6. The summed E-state index contributed by atoms with van der Waals surface area (Å²) in [5.41, 5.74) is 1.63. The molecule has 5 heteroatoms. The zero-order valence-electron chi connectivity index (χ0n) is 13.8. The Bertz CT molecular complexity index is 665. The average molecular weight is 342 g/mol. The minimum Gasteiger partial charge on any atom is -0.474 e. The fourth-order valence-corrected chi connectivity index (χ4v) is 3.20. The Hall–Kier alpha value is -2.01. The minimum absolute atomic E-state index is 0.0751. The van der Waals surface area contributed by atoms with Crippen LogP contribution in [0.2, 0.25) is 0 Å². The van der Waals surface area contributed by atoms with Crippen LogP contribution < -0.4 is 10.1 Å². The SMILES string of the molecule is CSc1ccc(C(=O)NCc2ccc(OC3CCCC3)nc2)cc1. The van der Waals surface area contributed by atoms with Gasteiger partial charge in [0.2, 0.25) is 5.88 Å². The van der Waals surface area contributed by atoms with Crippen molar-refractivity contribution in [2.75, 3.05) is 6.26 Å². The summed E-state index contributed by atoms with van der Waals surface area (Å²) in [6, 6.07) is 11.4. The molecular weight excluding hydrogens is 320 g/mol. The summed E-state index contributed by atoms with van der Waals surface area (Å²) in [5, 5.41) is 2.92. The number of carbonyl (C=O) groups is 1. The number of pyridine rings is 1. The van der Waals surface area contributed by atoms with E-state index >= 15 is 0 Å². The van der Waals surface area contributed by atoms with E-state index < -0.39 is 0 Å². The molecule has 3 rings (SSSR count). The minimum atomic E-state index is -0.0751. The maximum absolute atomic E-state index is 12.2. The molecule has 1 aromatic heterocycles. The van der Waals surface area contributed by atoms with Crippen LogP contribution in [-0.2, 0) is 6.54 Å². The van der Waals surface area contributed by atoms with Crippen molar-refractivity contribution in [1.29, 1.82) is 0 Å². The number of rotatable bonds is 6. The van der Waals surface area contributed by atoms with Crippen molar-refractivity contribution in [2.45, 2.75) is 43.2 Å². The molecule has 1 aromatic carbocycles. The lowest BCUT2D eigenvalue weighted by atomic mass is 10.2. The van der Waals surface area contributed by atoms with Crippen molar-refractivity contribution in [3.8, 4) is 5.88 Å². The first-order valence-electron chi connectivity index (χ1n) is 8.28. The van der Waals surface area contributed by atoms with Gasteiger partial charge in [-0.1, -0.05) is 6.07 Å².